The molecule has 1 aromatic carbocycles. The molecule has 0 spiro atoms. The zero-order valence-electron chi connectivity index (χ0n) is 12.0. The standard InChI is InChI=1S/C15H17N5O/c1-11(7-9-16)19(2)15(21)14-8-10-20(18-14)13-5-3-12(17)4-6-13/h3-6,8,10-11H,7,17H2,1-2H3. The maximum atomic E-state index is 12.3. The van der Waals surface area contributed by atoms with Crippen molar-refractivity contribution in [1.29, 1.82) is 5.26 Å². The molecule has 1 unspecified atom stereocenters. The Bertz CT molecular complexity index is 668. The van der Waals surface area contributed by atoms with Gasteiger partial charge in [-0.2, -0.15) is 10.4 Å². The van der Waals surface area contributed by atoms with Gasteiger partial charge in [0.2, 0.25) is 0 Å². The largest absolute Gasteiger partial charge is 0.399 e. The van der Waals surface area contributed by atoms with Crippen molar-refractivity contribution in [2.45, 2.75) is 19.4 Å². The third-order valence-corrected chi connectivity index (χ3v) is 3.33. The number of rotatable bonds is 4. The lowest BCUT2D eigenvalue weighted by Crippen LogP contribution is -2.35. The van der Waals surface area contributed by atoms with Gasteiger partial charge in [0.25, 0.3) is 5.91 Å². The van der Waals surface area contributed by atoms with E-state index in [-0.39, 0.29) is 11.9 Å². The Balaban J connectivity index is 2.18. The minimum absolute atomic E-state index is 0.149. The maximum absolute atomic E-state index is 12.3. The van der Waals surface area contributed by atoms with Gasteiger partial charge in [0, 0.05) is 25.0 Å². The number of anilines is 1. The van der Waals surface area contributed by atoms with Crippen LogP contribution in [0.25, 0.3) is 5.69 Å². The molecule has 1 aromatic heterocycles. The first kappa shape index (κ1) is 14.6. The van der Waals surface area contributed by atoms with E-state index in [1.807, 2.05) is 19.1 Å². The second-order valence-corrected chi connectivity index (χ2v) is 4.86. The molecule has 6 heteroatoms. The van der Waals surface area contributed by atoms with Crippen molar-refractivity contribution in [2.24, 2.45) is 0 Å². The van der Waals surface area contributed by atoms with Crippen LogP contribution in [0.15, 0.2) is 36.5 Å². The average Bonchev–Trinajstić information content (AvgIpc) is 2.96. The highest BCUT2D eigenvalue weighted by Crippen LogP contribution is 2.12. The van der Waals surface area contributed by atoms with Crippen molar-refractivity contribution >= 4 is 11.6 Å². The molecule has 108 valence electrons. The molecule has 0 saturated carbocycles. The fourth-order valence-corrected chi connectivity index (χ4v) is 1.86. The predicted molar refractivity (Wildman–Crippen MR) is 79.8 cm³/mol. The Kier molecular flexibility index (Phi) is 4.24. The van der Waals surface area contributed by atoms with Gasteiger partial charge in [-0.05, 0) is 37.3 Å². The third kappa shape index (κ3) is 3.20. The van der Waals surface area contributed by atoms with E-state index >= 15 is 0 Å². The number of nitrogens with two attached hydrogens (primary N) is 1. The molecule has 2 aromatic rings. The van der Waals surface area contributed by atoms with E-state index in [0.717, 1.165) is 5.69 Å². The van der Waals surface area contributed by atoms with Crippen molar-refractivity contribution in [2.75, 3.05) is 12.8 Å². The summed E-state index contributed by atoms with van der Waals surface area (Å²) in [6, 6.07) is 10.8. The average molecular weight is 283 g/mol. The molecule has 1 amide bonds. The van der Waals surface area contributed by atoms with Gasteiger partial charge < -0.3 is 10.6 Å². The minimum atomic E-state index is -0.202. The summed E-state index contributed by atoms with van der Waals surface area (Å²) in [5, 5.41) is 13.0. The second-order valence-electron chi connectivity index (χ2n) is 4.86. The van der Waals surface area contributed by atoms with Crippen LogP contribution in [0, 0.1) is 11.3 Å². The van der Waals surface area contributed by atoms with E-state index in [2.05, 4.69) is 11.2 Å². The van der Waals surface area contributed by atoms with Crippen LogP contribution in [0.2, 0.25) is 0 Å². The Morgan fingerprint density at radius 3 is 2.71 bits per heavy atom. The number of nitrogens with zero attached hydrogens (tertiary/aromatic N) is 4. The predicted octanol–water partition coefficient (Wildman–Crippen LogP) is 1.83. The van der Waals surface area contributed by atoms with E-state index in [9.17, 15) is 4.79 Å². The van der Waals surface area contributed by atoms with Gasteiger partial charge in [-0.25, -0.2) is 4.68 Å². The van der Waals surface area contributed by atoms with Crippen molar-refractivity contribution in [1.82, 2.24) is 14.7 Å². The van der Waals surface area contributed by atoms with Crippen molar-refractivity contribution in [3.05, 3.63) is 42.2 Å². The third-order valence-electron chi connectivity index (χ3n) is 3.33. The first-order chi connectivity index (χ1) is 10.0. The zero-order chi connectivity index (χ0) is 15.4. The topological polar surface area (TPSA) is 87.9 Å². The molecule has 2 N–H and O–H groups in total. The van der Waals surface area contributed by atoms with E-state index in [0.29, 0.717) is 17.8 Å². The van der Waals surface area contributed by atoms with Gasteiger partial charge >= 0.3 is 0 Å². The zero-order valence-corrected chi connectivity index (χ0v) is 12.0. The number of carbonyl (C=O) groups excluding carboxylic acids is 1. The Hall–Kier alpha value is -2.81. The molecule has 0 bridgehead atoms. The summed E-state index contributed by atoms with van der Waals surface area (Å²) in [4.78, 5) is 13.8. The lowest BCUT2D eigenvalue weighted by Gasteiger charge is -2.21. The molecule has 0 aliphatic rings. The van der Waals surface area contributed by atoms with Crippen LogP contribution in [0.4, 0.5) is 5.69 Å². The number of hydrogen-bond donors (Lipinski definition) is 1. The Labute approximate surface area is 123 Å². The maximum Gasteiger partial charge on any atom is 0.274 e. The molecule has 0 radical (unpaired) electrons. The molecule has 1 heterocycles. The molecule has 0 saturated heterocycles. The van der Waals surface area contributed by atoms with Crippen LogP contribution < -0.4 is 5.73 Å². The molecule has 0 aliphatic carbocycles. The van der Waals surface area contributed by atoms with Crippen LogP contribution in [0.5, 0.6) is 0 Å². The summed E-state index contributed by atoms with van der Waals surface area (Å²) in [6.07, 6.45) is 2.02. The van der Waals surface area contributed by atoms with Crippen LogP contribution in [-0.4, -0.2) is 33.7 Å². The van der Waals surface area contributed by atoms with E-state index in [4.69, 9.17) is 11.0 Å². The van der Waals surface area contributed by atoms with Crippen LogP contribution in [0.3, 0.4) is 0 Å². The number of aromatic nitrogens is 2. The molecule has 1 atom stereocenters. The van der Waals surface area contributed by atoms with Gasteiger partial charge in [0.05, 0.1) is 18.2 Å². The molecule has 0 aliphatic heterocycles. The molecular weight excluding hydrogens is 266 g/mol. The second kappa shape index (κ2) is 6.09. The summed E-state index contributed by atoms with van der Waals surface area (Å²) in [5.41, 5.74) is 7.49. The minimum Gasteiger partial charge on any atom is -0.399 e. The first-order valence-corrected chi connectivity index (χ1v) is 6.58. The summed E-state index contributed by atoms with van der Waals surface area (Å²) in [6.45, 7) is 1.83. The molecule has 21 heavy (non-hydrogen) atoms. The number of nitrogen functional groups attached to an aromatic ring is 1. The quantitative estimate of drug-likeness (QED) is 0.867. The van der Waals surface area contributed by atoms with Gasteiger partial charge in [0.15, 0.2) is 5.69 Å². The lowest BCUT2D eigenvalue weighted by atomic mass is 10.2. The number of benzene rings is 1. The summed E-state index contributed by atoms with van der Waals surface area (Å²) >= 11 is 0. The smallest absolute Gasteiger partial charge is 0.274 e. The Morgan fingerprint density at radius 2 is 2.10 bits per heavy atom. The highest BCUT2D eigenvalue weighted by atomic mass is 16.2. The van der Waals surface area contributed by atoms with E-state index in [1.54, 1.807) is 36.1 Å². The van der Waals surface area contributed by atoms with Gasteiger partial charge in [-0.15, -0.1) is 0 Å². The number of carbonyl (C=O) groups is 1. The molecule has 2 rings (SSSR count). The fourth-order valence-electron chi connectivity index (χ4n) is 1.86. The highest BCUT2D eigenvalue weighted by molar-refractivity contribution is 5.92. The first-order valence-electron chi connectivity index (χ1n) is 6.58. The fraction of sp³-hybridized carbons (Fsp3) is 0.267. The van der Waals surface area contributed by atoms with E-state index in [1.165, 1.54) is 4.90 Å². The van der Waals surface area contributed by atoms with Gasteiger partial charge in [-0.1, -0.05) is 0 Å². The number of amides is 1. The van der Waals surface area contributed by atoms with Crippen molar-refractivity contribution < 1.29 is 4.79 Å². The summed E-state index contributed by atoms with van der Waals surface area (Å²) in [5.74, 6) is -0.202. The van der Waals surface area contributed by atoms with Gasteiger partial charge in [0.1, 0.15) is 0 Å². The number of hydrogen-bond acceptors (Lipinski definition) is 4. The Morgan fingerprint density at radius 1 is 1.43 bits per heavy atom. The normalized spacial score (nSPS) is 11.7. The lowest BCUT2D eigenvalue weighted by molar-refractivity contribution is 0.0740. The summed E-state index contributed by atoms with van der Waals surface area (Å²) < 4.78 is 1.62. The SMILES string of the molecule is CC(CC#N)N(C)C(=O)c1ccn(-c2ccc(N)cc2)n1. The van der Waals surface area contributed by atoms with E-state index < -0.39 is 0 Å². The monoisotopic (exact) mass is 283 g/mol. The highest BCUT2D eigenvalue weighted by Gasteiger charge is 2.19. The summed E-state index contributed by atoms with van der Waals surface area (Å²) in [7, 11) is 1.67. The number of nitriles is 1. The van der Waals surface area contributed by atoms with Crippen LogP contribution in [-0.2, 0) is 0 Å². The van der Waals surface area contributed by atoms with Gasteiger partial charge in [-0.3, -0.25) is 4.79 Å². The molecule has 0 fully saturated rings. The van der Waals surface area contributed by atoms with Crippen LogP contribution in [0.1, 0.15) is 23.8 Å². The van der Waals surface area contributed by atoms with Crippen molar-refractivity contribution in [3.8, 4) is 11.8 Å². The van der Waals surface area contributed by atoms with Crippen LogP contribution >= 0.6 is 0 Å². The molecular formula is C15H17N5O. The molecule has 6 nitrogen and oxygen atoms in total. The van der Waals surface area contributed by atoms with Crippen molar-refractivity contribution in [3.63, 3.8) is 0 Å².